The summed E-state index contributed by atoms with van der Waals surface area (Å²) in [4.78, 5) is 8.27. The molecule has 3 heteroatoms. The first-order valence-corrected chi connectivity index (χ1v) is 4.80. The Balaban J connectivity index is 2.01. The lowest BCUT2D eigenvalue weighted by atomic mass is 10.1. The fraction of sp³-hybridized carbons (Fsp3) is 0.600. The summed E-state index contributed by atoms with van der Waals surface area (Å²) in [7, 11) is 0. The molecule has 1 aliphatic rings. The molecule has 70 valence electrons. The zero-order chi connectivity index (χ0) is 9.26. The van der Waals surface area contributed by atoms with E-state index in [9.17, 15) is 0 Å². The highest BCUT2D eigenvalue weighted by molar-refractivity contribution is 5.10. The monoisotopic (exact) mass is 177 g/mol. The van der Waals surface area contributed by atoms with Crippen LogP contribution >= 0.6 is 0 Å². The molecule has 1 aromatic rings. The molecule has 0 spiro atoms. The van der Waals surface area contributed by atoms with Gasteiger partial charge in [0.05, 0.1) is 0 Å². The van der Waals surface area contributed by atoms with E-state index in [0.29, 0.717) is 0 Å². The Kier molecular flexibility index (Phi) is 2.27. The molecule has 2 rings (SSSR count). The number of nitrogens with two attached hydrogens (primary N) is 1. The molecule has 1 fully saturated rings. The highest BCUT2D eigenvalue weighted by Crippen LogP contribution is 2.36. The van der Waals surface area contributed by atoms with E-state index >= 15 is 0 Å². The molecule has 1 atom stereocenters. The number of hydrogen-bond donors (Lipinski definition) is 1. The van der Waals surface area contributed by atoms with Gasteiger partial charge in [0.25, 0.3) is 0 Å². The first-order chi connectivity index (χ1) is 6.25. The van der Waals surface area contributed by atoms with Gasteiger partial charge in [-0.25, -0.2) is 9.97 Å². The van der Waals surface area contributed by atoms with E-state index in [-0.39, 0.29) is 6.04 Å². The SMILES string of the molecule is Cc1ncc(C(N)CC2CC2)cn1. The largest absolute Gasteiger partial charge is 0.324 e. The average molecular weight is 177 g/mol. The lowest BCUT2D eigenvalue weighted by Gasteiger charge is -2.09. The number of rotatable bonds is 3. The summed E-state index contributed by atoms with van der Waals surface area (Å²) in [5.41, 5.74) is 7.07. The van der Waals surface area contributed by atoms with Gasteiger partial charge in [-0.1, -0.05) is 12.8 Å². The Morgan fingerprint density at radius 1 is 1.46 bits per heavy atom. The van der Waals surface area contributed by atoms with Crippen molar-refractivity contribution in [2.75, 3.05) is 0 Å². The molecule has 1 unspecified atom stereocenters. The molecule has 0 aliphatic heterocycles. The molecule has 0 radical (unpaired) electrons. The van der Waals surface area contributed by atoms with E-state index < -0.39 is 0 Å². The van der Waals surface area contributed by atoms with Crippen LogP contribution in [0.25, 0.3) is 0 Å². The van der Waals surface area contributed by atoms with Crippen LogP contribution in [0.2, 0.25) is 0 Å². The molecular weight excluding hydrogens is 162 g/mol. The molecule has 0 saturated heterocycles. The van der Waals surface area contributed by atoms with Gasteiger partial charge in [0, 0.05) is 24.0 Å². The van der Waals surface area contributed by atoms with Crippen LogP contribution in [-0.2, 0) is 0 Å². The smallest absolute Gasteiger partial charge is 0.125 e. The van der Waals surface area contributed by atoms with Crippen molar-refractivity contribution < 1.29 is 0 Å². The van der Waals surface area contributed by atoms with Gasteiger partial charge in [0.15, 0.2) is 0 Å². The lowest BCUT2D eigenvalue weighted by molar-refractivity contribution is 0.592. The van der Waals surface area contributed by atoms with Crippen LogP contribution in [0, 0.1) is 12.8 Å². The van der Waals surface area contributed by atoms with Crippen molar-refractivity contribution in [3.8, 4) is 0 Å². The van der Waals surface area contributed by atoms with E-state index in [1.54, 1.807) is 0 Å². The van der Waals surface area contributed by atoms with Gasteiger partial charge in [-0.05, 0) is 19.3 Å². The second-order valence-electron chi connectivity index (χ2n) is 3.85. The van der Waals surface area contributed by atoms with Crippen LogP contribution in [0.3, 0.4) is 0 Å². The lowest BCUT2D eigenvalue weighted by Crippen LogP contribution is -2.11. The van der Waals surface area contributed by atoms with E-state index in [2.05, 4.69) is 9.97 Å². The van der Waals surface area contributed by atoms with Crippen LogP contribution in [0.15, 0.2) is 12.4 Å². The molecule has 3 nitrogen and oxygen atoms in total. The fourth-order valence-corrected chi connectivity index (χ4v) is 1.44. The molecule has 13 heavy (non-hydrogen) atoms. The van der Waals surface area contributed by atoms with Gasteiger partial charge in [0.1, 0.15) is 5.82 Å². The predicted octanol–water partition coefficient (Wildman–Crippen LogP) is 1.58. The standard InChI is InChI=1S/C10H15N3/c1-7-12-5-9(6-13-7)10(11)4-8-2-3-8/h5-6,8,10H,2-4,11H2,1H3. The Bertz CT molecular complexity index is 277. The Labute approximate surface area is 78.4 Å². The van der Waals surface area contributed by atoms with Crippen LogP contribution in [0.5, 0.6) is 0 Å². The molecule has 1 heterocycles. The normalized spacial score (nSPS) is 18.6. The zero-order valence-corrected chi connectivity index (χ0v) is 7.90. The third-order valence-electron chi connectivity index (χ3n) is 2.51. The maximum atomic E-state index is 6.01. The molecule has 1 aromatic heterocycles. The van der Waals surface area contributed by atoms with Gasteiger partial charge in [-0.2, -0.15) is 0 Å². The molecule has 0 amide bonds. The number of aromatic nitrogens is 2. The van der Waals surface area contributed by atoms with E-state index in [0.717, 1.165) is 23.7 Å². The van der Waals surface area contributed by atoms with Crippen LogP contribution in [0.1, 0.15) is 36.7 Å². The summed E-state index contributed by atoms with van der Waals surface area (Å²) in [6, 6.07) is 0.132. The van der Waals surface area contributed by atoms with Gasteiger partial charge in [-0.15, -0.1) is 0 Å². The summed E-state index contributed by atoms with van der Waals surface area (Å²) in [6.07, 6.45) is 7.47. The number of aryl methyl sites for hydroxylation is 1. The summed E-state index contributed by atoms with van der Waals surface area (Å²) in [6.45, 7) is 1.89. The summed E-state index contributed by atoms with van der Waals surface area (Å²) in [5.74, 6) is 1.67. The van der Waals surface area contributed by atoms with Crippen molar-refractivity contribution in [1.82, 2.24) is 9.97 Å². The first-order valence-electron chi connectivity index (χ1n) is 4.80. The summed E-state index contributed by atoms with van der Waals surface area (Å²) < 4.78 is 0. The maximum Gasteiger partial charge on any atom is 0.125 e. The molecule has 2 N–H and O–H groups in total. The fourth-order valence-electron chi connectivity index (χ4n) is 1.44. The highest BCUT2D eigenvalue weighted by atomic mass is 14.9. The minimum Gasteiger partial charge on any atom is -0.324 e. The Hall–Kier alpha value is -0.960. The van der Waals surface area contributed by atoms with Crippen molar-refractivity contribution >= 4 is 0 Å². The molecule has 1 saturated carbocycles. The van der Waals surface area contributed by atoms with Crippen molar-refractivity contribution in [2.24, 2.45) is 11.7 Å². The van der Waals surface area contributed by atoms with Crippen molar-refractivity contribution in [3.63, 3.8) is 0 Å². The predicted molar refractivity (Wildman–Crippen MR) is 51.0 cm³/mol. The van der Waals surface area contributed by atoms with Crippen LogP contribution in [-0.4, -0.2) is 9.97 Å². The van der Waals surface area contributed by atoms with E-state index in [1.165, 1.54) is 12.8 Å². The van der Waals surface area contributed by atoms with Gasteiger partial charge in [-0.3, -0.25) is 0 Å². The van der Waals surface area contributed by atoms with Crippen molar-refractivity contribution in [1.29, 1.82) is 0 Å². The topological polar surface area (TPSA) is 51.8 Å². The quantitative estimate of drug-likeness (QED) is 0.762. The van der Waals surface area contributed by atoms with Gasteiger partial charge >= 0.3 is 0 Å². The van der Waals surface area contributed by atoms with Crippen LogP contribution < -0.4 is 5.73 Å². The Morgan fingerprint density at radius 3 is 2.62 bits per heavy atom. The Morgan fingerprint density at radius 2 is 2.08 bits per heavy atom. The van der Waals surface area contributed by atoms with E-state index in [4.69, 9.17) is 5.73 Å². The molecule has 1 aliphatic carbocycles. The van der Waals surface area contributed by atoms with Gasteiger partial charge in [0.2, 0.25) is 0 Å². The van der Waals surface area contributed by atoms with Crippen LogP contribution in [0.4, 0.5) is 0 Å². The highest BCUT2D eigenvalue weighted by Gasteiger charge is 2.24. The second-order valence-corrected chi connectivity index (χ2v) is 3.85. The minimum atomic E-state index is 0.132. The van der Waals surface area contributed by atoms with E-state index in [1.807, 2.05) is 19.3 Å². The second kappa shape index (κ2) is 3.42. The first kappa shape index (κ1) is 8.63. The number of hydrogen-bond acceptors (Lipinski definition) is 3. The van der Waals surface area contributed by atoms with Gasteiger partial charge < -0.3 is 5.73 Å². The number of nitrogens with zero attached hydrogens (tertiary/aromatic N) is 2. The molecular formula is C10H15N3. The van der Waals surface area contributed by atoms with Crippen molar-refractivity contribution in [2.45, 2.75) is 32.2 Å². The maximum absolute atomic E-state index is 6.01. The summed E-state index contributed by atoms with van der Waals surface area (Å²) >= 11 is 0. The summed E-state index contributed by atoms with van der Waals surface area (Å²) in [5, 5.41) is 0. The molecule has 0 aromatic carbocycles. The third-order valence-corrected chi connectivity index (χ3v) is 2.51. The minimum absolute atomic E-state index is 0.132. The average Bonchev–Trinajstić information content (AvgIpc) is 2.89. The zero-order valence-electron chi connectivity index (χ0n) is 7.90. The molecule has 0 bridgehead atoms. The van der Waals surface area contributed by atoms with Crippen molar-refractivity contribution in [3.05, 3.63) is 23.8 Å². The third kappa shape index (κ3) is 2.25.